The van der Waals surface area contributed by atoms with Gasteiger partial charge in [0.2, 0.25) is 5.91 Å². The largest absolute Gasteiger partial charge is 0.302 e. The van der Waals surface area contributed by atoms with Gasteiger partial charge in [-0.15, -0.1) is 11.3 Å². The van der Waals surface area contributed by atoms with Crippen molar-refractivity contribution in [2.24, 2.45) is 0 Å². The predicted octanol–water partition coefficient (Wildman–Crippen LogP) is 4.77. The maximum Gasteiger partial charge on any atom is 0.227 e. The lowest BCUT2D eigenvalue weighted by molar-refractivity contribution is -0.115. The Hall–Kier alpha value is -3.03. The Labute approximate surface area is 173 Å². The number of fused-ring (bicyclic) bond motifs is 1. The Morgan fingerprint density at radius 1 is 0.931 bits per heavy atom. The summed E-state index contributed by atoms with van der Waals surface area (Å²) in [6.07, 6.45) is -0.123. The van der Waals surface area contributed by atoms with E-state index in [1.54, 1.807) is 18.2 Å². The number of rotatable bonds is 6. The first kappa shape index (κ1) is 19.3. The molecule has 0 saturated carbocycles. The Balaban J connectivity index is 1.41. The van der Waals surface area contributed by atoms with Gasteiger partial charge in [0.05, 0.1) is 16.3 Å². The molecule has 1 N–H and O–H groups in total. The molecular formula is C22H18N2O3S2. The lowest BCUT2D eigenvalue weighted by Gasteiger charge is -2.04. The van der Waals surface area contributed by atoms with Gasteiger partial charge in [0, 0.05) is 17.4 Å². The minimum absolute atomic E-state index is 0.123. The van der Waals surface area contributed by atoms with Crippen LogP contribution in [-0.2, 0) is 14.6 Å². The second kappa shape index (κ2) is 8.14. The number of aromatic nitrogens is 1. The summed E-state index contributed by atoms with van der Waals surface area (Å²) in [5, 5.41) is 7.30. The van der Waals surface area contributed by atoms with E-state index in [9.17, 15) is 13.2 Å². The Morgan fingerprint density at radius 2 is 1.66 bits per heavy atom. The Morgan fingerprint density at radius 3 is 2.45 bits per heavy atom. The summed E-state index contributed by atoms with van der Waals surface area (Å²) in [5.74, 6) is -0.616. The standard InChI is InChI=1S/C22H18N2O3S2/c25-21(12-13-29(26,27)19-8-2-1-3-9-19)24-22-23-20(15-28-22)18-11-10-16-6-4-5-7-17(16)14-18/h1-11,14-15H,12-13H2,(H,23,24,25). The van der Waals surface area contributed by atoms with Crippen LogP contribution in [0.2, 0.25) is 0 Å². The molecule has 1 amide bonds. The molecule has 146 valence electrons. The highest BCUT2D eigenvalue weighted by Crippen LogP contribution is 2.27. The topological polar surface area (TPSA) is 76.1 Å². The summed E-state index contributed by atoms with van der Waals surface area (Å²) in [7, 11) is -3.48. The van der Waals surface area contributed by atoms with E-state index in [1.807, 2.05) is 35.7 Å². The van der Waals surface area contributed by atoms with Crippen molar-refractivity contribution in [3.05, 3.63) is 78.2 Å². The van der Waals surface area contributed by atoms with Crippen molar-refractivity contribution in [2.45, 2.75) is 11.3 Å². The molecule has 0 saturated heterocycles. The van der Waals surface area contributed by atoms with E-state index in [-0.39, 0.29) is 23.0 Å². The summed E-state index contributed by atoms with van der Waals surface area (Å²) in [4.78, 5) is 16.9. The minimum atomic E-state index is -3.48. The van der Waals surface area contributed by atoms with Crippen LogP contribution in [0.25, 0.3) is 22.0 Å². The Kier molecular flexibility index (Phi) is 5.42. The van der Waals surface area contributed by atoms with E-state index in [0.29, 0.717) is 5.13 Å². The van der Waals surface area contributed by atoms with E-state index >= 15 is 0 Å². The summed E-state index contributed by atoms with van der Waals surface area (Å²) < 4.78 is 24.6. The molecule has 0 aliphatic rings. The number of nitrogens with zero attached hydrogens (tertiary/aromatic N) is 1. The molecule has 7 heteroatoms. The molecule has 5 nitrogen and oxygen atoms in total. The molecule has 4 rings (SSSR count). The first-order valence-electron chi connectivity index (χ1n) is 9.04. The molecule has 0 atom stereocenters. The smallest absolute Gasteiger partial charge is 0.227 e. The number of amides is 1. The molecule has 0 radical (unpaired) electrons. The highest BCUT2D eigenvalue weighted by molar-refractivity contribution is 7.91. The van der Waals surface area contributed by atoms with E-state index in [0.717, 1.165) is 22.0 Å². The number of benzene rings is 3. The van der Waals surface area contributed by atoms with E-state index in [2.05, 4.69) is 22.4 Å². The van der Waals surface area contributed by atoms with Gasteiger partial charge in [-0.25, -0.2) is 13.4 Å². The fourth-order valence-corrected chi connectivity index (χ4v) is 4.96. The van der Waals surface area contributed by atoms with Crippen molar-refractivity contribution < 1.29 is 13.2 Å². The van der Waals surface area contributed by atoms with Crippen molar-refractivity contribution in [2.75, 3.05) is 11.1 Å². The van der Waals surface area contributed by atoms with Crippen molar-refractivity contribution in [3.8, 4) is 11.3 Å². The number of carbonyl (C=O) groups excluding carboxylic acids is 1. The third-order valence-electron chi connectivity index (χ3n) is 4.50. The minimum Gasteiger partial charge on any atom is -0.302 e. The van der Waals surface area contributed by atoms with Gasteiger partial charge in [-0.1, -0.05) is 54.6 Å². The number of hydrogen-bond acceptors (Lipinski definition) is 5. The third kappa shape index (κ3) is 4.52. The highest BCUT2D eigenvalue weighted by Gasteiger charge is 2.17. The van der Waals surface area contributed by atoms with Crippen molar-refractivity contribution in [1.29, 1.82) is 0 Å². The summed E-state index contributed by atoms with van der Waals surface area (Å²) in [6, 6.07) is 22.3. The first-order chi connectivity index (χ1) is 14.0. The third-order valence-corrected chi connectivity index (χ3v) is 6.99. The van der Waals surface area contributed by atoms with Crippen LogP contribution < -0.4 is 5.32 Å². The predicted molar refractivity (Wildman–Crippen MR) is 117 cm³/mol. The lowest BCUT2D eigenvalue weighted by atomic mass is 10.1. The van der Waals surface area contributed by atoms with Crippen molar-refractivity contribution in [3.63, 3.8) is 0 Å². The number of hydrogen-bond donors (Lipinski definition) is 1. The molecule has 0 aliphatic carbocycles. The van der Waals surface area contributed by atoms with Crippen molar-refractivity contribution >= 4 is 43.0 Å². The SMILES string of the molecule is O=C(CCS(=O)(=O)c1ccccc1)Nc1nc(-c2ccc3ccccc3c2)cs1. The van der Waals surface area contributed by atoms with Crippen LogP contribution in [0.15, 0.2) is 83.1 Å². The maximum atomic E-state index is 12.3. The molecule has 0 aliphatic heterocycles. The van der Waals surface area contributed by atoms with Gasteiger partial charge in [0.1, 0.15) is 0 Å². The molecule has 0 unspecified atom stereocenters. The van der Waals surface area contributed by atoms with Crippen LogP contribution in [0.4, 0.5) is 5.13 Å². The van der Waals surface area contributed by atoms with Gasteiger partial charge in [-0.2, -0.15) is 0 Å². The van der Waals surface area contributed by atoms with Crippen LogP contribution in [0, 0.1) is 0 Å². The average molecular weight is 423 g/mol. The van der Waals surface area contributed by atoms with Crippen LogP contribution in [0.5, 0.6) is 0 Å². The zero-order valence-electron chi connectivity index (χ0n) is 15.4. The number of thiazole rings is 1. The first-order valence-corrected chi connectivity index (χ1v) is 11.6. The molecule has 0 spiro atoms. The second-order valence-electron chi connectivity index (χ2n) is 6.53. The van der Waals surface area contributed by atoms with Crippen LogP contribution in [0.1, 0.15) is 6.42 Å². The van der Waals surface area contributed by atoms with Gasteiger partial charge >= 0.3 is 0 Å². The molecule has 0 bridgehead atoms. The zero-order chi connectivity index (χ0) is 20.3. The number of anilines is 1. The number of nitrogens with one attached hydrogen (secondary N) is 1. The van der Waals surface area contributed by atoms with E-state index in [1.165, 1.54) is 23.5 Å². The fourth-order valence-electron chi connectivity index (χ4n) is 2.97. The van der Waals surface area contributed by atoms with E-state index < -0.39 is 9.84 Å². The van der Waals surface area contributed by atoms with Crippen molar-refractivity contribution in [1.82, 2.24) is 4.98 Å². The fraction of sp³-hybridized carbons (Fsp3) is 0.0909. The maximum absolute atomic E-state index is 12.3. The average Bonchev–Trinajstić information content (AvgIpc) is 3.21. The Bertz CT molecular complexity index is 1270. The van der Waals surface area contributed by atoms with Crippen LogP contribution in [0.3, 0.4) is 0 Å². The molecule has 4 aromatic rings. The molecule has 1 aromatic heterocycles. The van der Waals surface area contributed by atoms with Gasteiger partial charge in [-0.05, 0) is 29.0 Å². The summed E-state index contributed by atoms with van der Waals surface area (Å²) >= 11 is 1.32. The summed E-state index contributed by atoms with van der Waals surface area (Å²) in [6.45, 7) is 0. The lowest BCUT2D eigenvalue weighted by Crippen LogP contribution is -2.17. The van der Waals surface area contributed by atoms with Gasteiger partial charge in [-0.3, -0.25) is 4.79 Å². The molecule has 29 heavy (non-hydrogen) atoms. The number of carbonyl (C=O) groups is 1. The molecule has 0 fully saturated rings. The van der Waals surface area contributed by atoms with E-state index in [4.69, 9.17) is 0 Å². The number of sulfone groups is 1. The molecule has 3 aromatic carbocycles. The molecule has 1 heterocycles. The van der Waals surface area contributed by atoms with Gasteiger partial charge < -0.3 is 5.32 Å². The quantitative estimate of drug-likeness (QED) is 0.486. The monoisotopic (exact) mass is 422 g/mol. The normalized spacial score (nSPS) is 11.4. The molecular weight excluding hydrogens is 404 g/mol. The van der Waals surface area contributed by atoms with Crippen LogP contribution in [-0.4, -0.2) is 25.1 Å². The summed E-state index contributed by atoms with van der Waals surface area (Å²) in [5.41, 5.74) is 1.74. The van der Waals surface area contributed by atoms with Gasteiger partial charge in [0.15, 0.2) is 15.0 Å². The zero-order valence-corrected chi connectivity index (χ0v) is 17.0. The van der Waals surface area contributed by atoms with Gasteiger partial charge in [0.25, 0.3) is 0 Å². The van der Waals surface area contributed by atoms with Crippen LogP contribution >= 0.6 is 11.3 Å². The second-order valence-corrected chi connectivity index (χ2v) is 9.50. The highest BCUT2D eigenvalue weighted by atomic mass is 32.2.